The Morgan fingerprint density at radius 2 is 1.72 bits per heavy atom. The van der Waals surface area contributed by atoms with Crippen LogP contribution in [0.25, 0.3) is 0 Å². The number of aliphatic carboxylic acids is 1. The average Bonchev–Trinajstić information content (AvgIpc) is 3.24. The van der Waals surface area contributed by atoms with E-state index >= 15 is 0 Å². The Bertz CT molecular complexity index is 1100. The van der Waals surface area contributed by atoms with Gasteiger partial charge in [0.25, 0.3) is 0 Å². The van der Waals surface area contributed by atoms with Crippen LogP contribution in [0.4, 0.5) is 0 Å². The van der Waals surface area contributed by atoms with Crippen molar-refractivity contribution in [1.82, 2.24) is 5.32 Å². The van der Waals surface area contributed by atoms with Crippen molar-refractivity contribution in [2.45, 2.75) is 103 Å². The van der Waals surface area contributed by atoms with Crippen LogP contribution in [0.2, 0.25) is 0 Å². The second-order valence-corrected chi connectivity index (χ2v) is 13.1. The van der Waals surface area contributed by atoms with E-state index in [0.717, 1.165) is 56.9 Å². The van der Waals surface area contributed by atoms with E-state index in [2.05, 4.69) is 19.2 Å². The predicted octanol–water partition coefficient (Wildman–Crippen LogP) is 5.10. The molecule has 5 rings (SSSR count). The van der Waals surface area contributed by atoms with Gasteiger partial charge in [-0.1, -0.05) is 44.2 Å². The normalized spacial score (nSPS) is 36.2. The summed E-state index contributed by atoms with van der Waals surface area (Å²) >= 11 is 0. The number of ether oxygens (including phenoxy) is 1. The summed E-state index contributed by atoms with van der Waals surface area (Å²) in [5.41, 5.74) is 1.04. The number of rotatable bonds is 8. The van der Waals surface area contributed by atoms with Crippen LogP contribution < -0.4 is 5.32 Å². The molecule has 4 aliphatic carbocycles. The maximum Gasteiger partial charge on any atom is 0.326 e. The summed E-state index contributed by atoms with van der Waals surface area (Å²) in [5, 5.41) is 12.1. The van der Waals surface area contributed by atoms with Crippen LogP contribution in [0.1, 0.15) is 90.0 Å². The lowest BCUT2D eigenvalue weighted by Gasteiger charge is -2.60. The van der Waals surface area contributed by atoms with E-state index < -0.39 is 17.9 Å². The molecule has 39 heavy (non-hydrogen) atoms. The number of amides is 1. The molecular formula is C32H43NO6. The molecule has 212 valence electrons. The fourth-order valence-electron chi connectivity index (χ4n) is 8.94. The maximum absolute atomic E-state index is 12.8. The first-order valence-corrected chi connectivity index (χ1v) is 14.9. The van der Waals surface area contributed by atoms with Crippen molar-refractivity contribution in [3.63, 3.8) is 0 Å². The molecule has 0 bridgehead atoms. The van der Waals surface area contributed by atoms with Gasteiger partial charge in [0.2, 0.25) is 5.91 Å². The molecule has 7 nitrogen and oxygen atoms in total. The maximum atomic E-state index is 12.8. The number of Topliss-reactive ketones (excluding diaryl/α,β-unsaturated/α-hetero) is 1. The largest absolute Gasteiger partial charge is 0.480 e. The van der Waals surface area contributed by atoms with Crippen molar-refractivity contribution in [3.8, 4) is 0 Å². The molecule has 1 aromatic carbocycles. The summed E-state index contributed by atoms with van der Waals surface area (Å²) in [4.78, 5) is 49.2. The molecule has 4 aliphatic rings. The van der Waals surface area contributed by atoms with Crippen molar-refractivity contribution >= 4 is 23.6 Å². The molecule has 0 spiro atoms. The first-order chi connectivity index (χ1) is 18.6. The molecule has 1 amide bonds. The summed E-state index contributed by atoms with van der Waals surface area (Å²) in [7, 11) is 0. The number of esters is 1. The van der Waals surface area contributed by atoms with E-state index in [9.17, 15) is 24.3 Å². The minimum atomic E-state index is -1.10. The second-order valence-electron chi connectivity index (χ2n) is 13.1. The predicted molar refractivity (Wildman–Crippen MR) is 146 cm³/mol. The van der Waals surface area contributed by atoms with Crippen molar-refractivity contribution in [3.05, 3.63) is 35.9 Å². The van der Waals surface area contributed by atoms with Crippen LogP contribution in [-0.4, -0.2) is 40.9 Å². The van der Waals surface area contributed by atoms with Crippen LogP contribution in [0.3, 0.4) is 0 Å². The number of hydrogen-bond acceptors (Lipinski definition) is 5. The number of ketones is 1. The van der Waals surface area contributed by atoms with Gasteiger partial charge in [-0.3, -0.25) is 14.4 Å². The van der Waals surface area contributed by atoms with Crippen molar-refractivity contribution in [1.29, 1.82) is 0 Å². The standard InChI is InChI=1S/C32H43NO6/c1-31-16-14-22(34)19-21(31)8-9-23-24-10-11-27(32(24,2)17-15-25(23)31)39-29(36)13-12-28(35)33-26(30(37)38)18-20-6-4-3-5-7-20/h3-7,21,23-27H,8-19H2,1-2H3,(H,33,35)(H,37,38)/t21-,23-,24+,25-,26-,27+,31-,32-/m0/s1. The summed E-state index contributed by atoms with van der Waals surface area (Å²) in [6.07, 6.45) is 8.82. The average molecular weight is 538 g/mol. The molecule has 2 N–H and O–H groups in total. The van der Waals surface area contributed by atoms with Gasteiger partial charge in [0.05, 0.1) is 6.42 Å². The van der Waals surface area contributed by atoms with E-state index in [0.29, 0.717) is 29.5 Å². The van der Waals surface area contributed by atoms with Gasteiger partial charge in [-0.15, -0.1) is 0 Å². The summed E-state index contributed by atoms with van der Waals surface area (Å²) in [5.74, 6) is 0.841. The van der Waals surface area contributed by atoms with Crippen molar-refractivity contribution in [2.24, 2.45) is 34.5 Å². The summed E-state index contributed by atoms with van der Waals surface area (Å²) in [6, 6.07) is 8.12. The smallest absolute Gasteiger partial charge is 0.326 e. The third-order valence-corrected chi connectivity index (χ3v) is 11.1. The van der Waals surface area contributed by atoms with Crippen LogP contribution in [0.15, 0.2) is 30.3 Å². The van der Waals surface area contributed by atoms with E-state index in [-0.39, 0.29) is 42.2 Å². The molecule has 7 heteroatoms. The van der Waals surface area contributed by atoms with Gasteiger partial charge in [-0.05, 0) is 79.6 Å². The van der Waals surface area contributed by atoms with E-state index in [1.165, 1.54) is 6.42 Å². The molecule has 4 saturated carbocycles. The number of carboxylic acids is 1. The fraction of sp³-hybridized carbons (Fsp3) is 0.688. The van der Waals surface area contributed by atoms with E-state index in [1.807, 2.05) is 30.3 Å². The second kappa shape index (κ2) is 11.1. The Balaban J connectivity index is 1.14. The third kappa shape index (κ3) is 5.51. The Morgan fingerprint density at radius 1 is 0.974 bits per heavy atom. The SMILES string of the molecule is C[C@]12CC[C@H]3[C@@H](CC[C@H]4CC(=O)CC[C@@]43C)[C@H]1CC[C@H]2OC(=O)CCC(=O)N[C@@H](Cc1ccccc1)C(=O)O. The quantitative estimate of drug-likeness (QED) is 0.447. The highest BCUT2D eigenvalue weighted by Crippen LogP contribution is 2.66. The molecule has 0 heterocycles. The minimum absolute atomic E-state index is 0.0448. The number of benzene rings is 1. The van der Waals surface area contributed by atoms with Gasteiger partial charge in [-0.25, -0.2) is 4.79 Å². The lowest BCUT2D eigenvalue weighted by molar-refractivity contribution is -0.164. The molecule has 0 aliphatic heterocycles. The highest BCUT2D eigenvalue weighted by molar-refractivity contribution is 5.86. The highest BCUT2D eigenvalue weighted by Gasteiger charge is 2.61. The van der Waals surface area contributed by atoms with Crippen molar-refractivity contribution in [2.75, 3.05) is 0 Å². The molecule has 8 atom stereocenters. The Labute approximate surface area is 231 Å². The Kier molecular flexibility index (Phi) is 7.89. The zero-order valence-electron chi connectivity index (χ0n) is 23.3. The lowest BCUT2D eigenvalue weighted by atomic mass is 9.45. The van der Waals surface area contributed by atoms with Gasteiger partial charge in [0, 0.05) is 31.1 Å². The number of fused-ring (bicyclic) bond motifs is 5. The van der Waals surface area contributed by atoms with E-state index in [4.69, 9.17) is 4.74 Å². The molecule has 0 unspecified atom stereocenters. The van der Waals surface area contributed by atoms with Crippen LogP contribution in [-0.2, 0) is 30.3 Å². The van der Waals surface area contributed by atoms with Gasteiger partial charge >= 0.3 is 11.9 Å². The summed E-state index contributed by atoms with van der Waals surface area (Å²) < 4.78 is 6.03. The highest BCUT2D eigenvalue weighted by atomic mass is 16.5. The molecule has 0 radical (unpaired) electrons. The summed E-state index contributed by atoms with van der Waals surface area (Å²) in [6.45, 7) is 4.74. The zero-order valence-corrected chi connectivity index (χ0v) is 23.3. The first kappa shape index (κ1) is 27.9. The first-order valence-electron chi connectivity index (χ1n) is 14.9. The molecular weight excluding hydrogens is 494 g/mol. The van der Waals surface area contributed by atoms with Gasteiger partial charge in [0.1, 0.15) is 17.9 Å². The number of carboxylic acid groups (broad SMARTS) is 1. The van der Waals surface area contributed by atoms with Gasteiger partial charge < -0.3 is 15.2 Å². The number of nitrogens with one attached hydrogen (secondary N) is 1. The number of carbonyl (C=O) groups is 4. The number of hydrogen-bond donors (Lipinski definition) is 2. The van der Waals surface area contributed by atoms with Crippen molar-refractivity contribution < 1.29 is 29.0 Å². The van der Waals surface area contributed by atoms with Crippen LogP contribution in [0, 0.1) is 34.5 Å². The minimum Gasteiger partial charge on any atom is -0.480 e. The topological polar surface area (TPSA) is 110 Å². The Morgan fingerprint density at radius 3 is 2.46 bits per heavy atom. The van der Waals surface area contributed by atoms with E-state index in [1.54, 1.807) is 0 Å². The fourth-order valence-corrected chi connectivity index (χ4v) is 8.94. The molecule has 4 fully saturated rings. The number of carbonyl (C=O) groups excluding carboxylic acids is 3. The van der Waals surface area contributed by atoms with Crippen LogP contribution >= 0.6 is 0 Å². The molecule has 0 aromatic heterocycles. The monoisotopic (exact) mass is 537 g/mol. The van der Waals surface area contributed by atoms with Crippen LogP contribution in [0.5, 0.6) is 0 Å². The molecule has 1 aromatic rings. The van der Waals surface area contributed by atoms with Gasteiger partial charge in [0.15, 0.2) is 0 Å². The third-order valence-electron chi connectivity index (χ3n) is 11.1. The lowest BCUT2D eigenvalue weighted by Crippen LogP contribution is -2.54. The zero-order chi connectivity index (χ0) is 27.8. The van der Waals surface area contributed by atoms with Gasteiger partial charge in [-0.2, -0.15) is 0 Å². The molecule has 0 saturated heterocycles. The Hall–Kier alpha value is -2.70.